The SMILES string of the molecule is CCCNC(=O)N1CCN(CCC(=O)O)CC1. The molecule has 2 amide bonds. The van der Waals surface area contributed by atoms with E-state index in [1.54, 1.807) is 4.90 Å². The van der Waals surface area contributed by atoms with Crippen molar-refractivity contribution in [1.29, 1.82) is 0 Å². The summed E-state index contributed by atoms with van der Waals surface area (Å²) in [6.07, 6.45) is 1.10. The Morgan fingerprint density at radius 3 is 2.41 bits per heavy atom. The van der Waals surface area contributed by atoms with Crippen LogP contribution in [0.1, 0.15) is 19.8 Å². The van der Waals surface area contributed by atoms with E-state index in [4.69, 9.17) is 5.11 Å². The van der Waals surface area contributed by atoms with Crippen molar-refractivity contribution in [2.24, 2.45) is 0 Å². The first-order valence-electron chi connectivity index (χ1n) is 6.10. The van der Waals surface area contributed by atoms with E-state index in [2.05, 4.69) is 10.2 Å². The second-order valence-electron chi connectivity index (χ2n) is 4.20. The highest BCUT2D eigenvalue weighted by Crippen LogP contribution is 2.02. The van der Waals surface area contributed by atoms with Crippen LogP contribution < -0.4 is 5.32 Å². The van der Waals surface area contributed by atoms with Crippen LogP contribution in [0.25, 0.3) is 0 Å². The Morgan fingerprint density at radius 1 is 1.24 bits per heavy atom. The summed E-state index contributed by atoms with van der Waals surface area (Å²) >= 11 is 0. The van der Waals surface area contributed by atoms with Gasteiger partial charge in [0.05, 0.1) is 6.42 Å². The molecule has 0 aromatic rings. The number of hydrogen-bond acceptors (Lipinski definition) is 3. The Hall–Kier alpha value is -1.30. The van der Waals surface area contributed by atoms with Gasteiger partial charge in [0.1, 0.15) is 0 Å². The molecular weight excluding hydrogens is 222 g/mol. The normalized spacial score (nSPS) is 16.9. The lowest BCUT2D eigenvalue weighted by molar-refractivity contribution is -0.137. The maximum atomic E-state index is 11.6. The monoisotopic (exact) mass is 243 g/mol. The third-order valence-corrected chi connectivity index (χ3v) is 2.83. The standard InChI is InChI=1S/C11H21N3O3/c1-2-4-12-11(17)14-8-6-13(7-9-14)5-3-10(15)16/h2-9H2,1H3,(H,12,17)(H,15,16). The summed E-state index contributed by atoms with van der Waals surface area (Å²) in [7, 11) is 0. The maximum absolute atomic E-state index is 11.6. The molecule has 1 heterocycles. The minimum Gasteiger partial charge on any atom is -0.481 e. The van der Waals surface area contributed by atoms with Crippen molar-refractivity contribution in [3.05, 3.63) is 0 Å². The molecule has 1 fully saturated rings. The van der Waals surface area contributed by atoms with Crippen molar-refractivity contribution < 1.29 is 14.7 Å². The lowest BCUT2D eigenvalue weighted by Gasteiger charge is -2.34. The van der Waals surface area contributed by atoms with Crippen LogP contribution in [-0.2, 0) is 4.79 Å². The van der Waals surface area contributed by atoms with Gasteiger partial charge in [0.2, 0.25) is 0 Å². The van der Waals surface area contributed by atoms with Crippen molar-refractivity contribution in [3.8, 4) is 0 Å². The Kier molecular flexibility index (Phi) is 5.76. The zero-order valence-corrected chi connectivity index (χ0v) is 10.3. The molecule has 1 aliphatic heterocycles. The summed E-state index contributed by atoms with van der Waals surface area (Å²) in [4.78, 5) is 25.9. The number of hydrogen-bond donors (Lipinski definition) is 2. The van der Waals surface area contributed by atoms with E-state index in [1.807, 2.05) is 6.92 Å². The van der Waals surface area contributed by atoms with Crippen molar-refractivity contribution in [2.45, 2.75) is 19.8 Å². The van der Waals surface area contributed by atoms with Gasteiger partial charge in [-0.05, 0) is 6.42 Å². The van der Waals surface area contributed by atoms with Crippen LogP contribution in [0.5, 0.6) is 0 Å². The molecule has 0 atom stereocenters. The van der Waals surface area contributed by atoms with Crippen molar-refractivity contribution in [3.63, 3.8) is 0 Å². The fourth-order valence-electron chi connectivity index (χ4n) is 1.77. The molecule has 2 N–H and O–H groups in total. The molecule has 0 radical (unpaired) electrons. The number of nitrogens with zero attached hydrogens (tertiary/aromatic N) is 2. The molecule has 0 unspecified atom stereocenters. The number of nitrogens with one attached hydrogen (secondary N) is 1. The number of rotatable bonds is 5. The minimum atomic E-state index is -0.770. The van der Waals surface area contributed by atoms with Gasteiger partial charge in [0.15, 0.2) is 0 Å². The minimum absolute atomic E-state index is 0.00951. The summed E-state index contributed by atoms with van der Waals surface area (Å²) < 4.78 is 0. The molecule has 0 saturated carbocycles. The van der Waals surface area contributed by atoms with Crippen LogP contribution in [0.15, 0.2) is 0 Å². The third kappa shape index (κ3) is 5.04. The first-order chi connectivity index (χ1) is 8.13. The molecule has 1 saturated heterocycles. The van der Waals surface area contributed by atoms with Gasteiger partial charge >= 0.3 is 12.0 Å². The van der Waals surface area contributed by atoms with Gasteiger partial charge in [-0.3, -0.25) is 9.69 Å². The molecule has 0 aromatic heterocycles. The van der Waals surface area contributed by atoms with Gasteiger partial charge in [-0.1, -0.05) is 6.92 Å². The van der Waals surface area contributed by atoms with Crippen LogP contribution in [0.2, 0.25) is 0 Å². The van der Waals surface area contributed by atoms with E-state index in [-0.39, 0.29) is 12.5 Å². The highest BCUT2D eigenvalue weighted by atomic mass is 16.4. The fraction of sp³-hybridized carbons (Fsp3) is 0.818. The summed E-state index contributed by atoms with van der Waals surface area (Å²) in [5, 5.41) is 11.4. The predicted octanol–water partition coefficient (Wildman–Crippen LogP) is 0.198. The summed E-state index contributed by atoms with van der Waals surface area (Å²) in [6.45, 7) is 6.16. The first kappa shape index (κ1) is 13.8. The first-order valence-corrected chi connectivity index (χ1v) is 6.10. The highest BCUT2D eigenvalue weighted by Gasteiger charge is 2.20. The average Bonchev–Trinajstić information content (AvgIpc) is 2.34. The largest absolute Gasteiger partial charge is 0.481 e. The number of carboxylic acids is 1. The van der Waals surface area contributed by atoms with Crippen LogP contribution >= 0.6 is 0 Å². The number of carboxylic acid groups (broad SMARTS) is 1. The Labute approximate surface area is 102 Å². The zero-order valence-electron chi connectivity index (χ0n) is 10.3. The van der Waals surface area contributed by atoms with Crippen LogP contribution in [-0.4, -0.2) is 66.2 Å². The quantitative estimate of drug-likeness (QED) is 0.723. The van der Waals surface area contributed by atoms with Crippen LogP contribution in [0.4, 0.5) is 4.79 Å². The van der Waals surface area contributed by atoms with E-state index in [0.717, 1.165) is 19.5 Å². The van der Waals surface area contributed by atoms with Gasteiger partial charge in [-0.15, -0.1) is 0 Å². The Bertz CT molecular complexity index is 263. The smallest absolute Gasteiger partial charge is 0.317 e. The van der Waals surface area contributed by atoms with Gasteiger partial charge in [0, 0.05) is 39.3 Å². The molecule has 0 aromatic carbocycles. The van der Waals surface area contributed by atoms with E-state index < -0.39 is 5.97 Å². The van der Waals surface area contributed by atoms with Gasteiger partial charge < -0.3 is 15.3 Å². The molecule has 1 rings (SSSR count). The summed E-state index contributed by atoms with van der Waals surface area (Å²) in [5.41, 5.74) is 0. The average molecular weight is 243 g/mol. The number of urea groups is 1. The summed E-state index contributed by atoms with van der Waals surface area (Å²) in [6, 6.07) is -0.00951. The molecule has 6 nitrogen and oxygen atoms in total. The van der Waals surface area contributed by atoms with E-state index >= 15 is 0 Å². The van der Waals surface area contributed by atoms with E-state index in [0.29, 0.717) is 26.2 Å². The number of carbonyl (C=O) groups is 2. The Balaban J connectivity index is 2.20. The number of aliphatic carboxylic acids is 1. The fourth-order valence-corrected chi connectivity index (χ4v) is 1.77. The van der Waals surface area contributed by atoms with Crippen molar-refractivity contribution in [2.75, 3.05) is 39.3 Å². The number of piperazine rings is 1. The topological polar surface area (TPSA) is 72.9 Å². The van der Waals surface area contributed by atoms with E-state index in [1.165, 1.54) is 0 Å². The summed E-state index contributed by atoms with van der Waals surface area (Å²) in [5.74, 6) is -0.770. The molecular formula is C11H21N3O3. The van der Waals surface area contributed by atoms with Crippen LogP contribution in [0.3, 0.4) is 0 Å². The highest BCUT2D eigenvalue weighted by molar-refractivity contribution is 5.74. The molecule has 6 heteroatoms. The molecule has 1 aliphatic rings. The Morgan fingerprint density at radius 2 is 1.88 bits per heavy atom. The van der Waals surface area contributed by atoms with Gasteiger partial charge in [-0.2, -0.15) is 0 Å². The third-order valence-electron chi connectivity index (χ3n) is 2.83. The number of amides is 2. The molecule has 17 heavy (non-hydrogen) atoms. The van der Waals surface area contributed by atoms with Gasteiger partial charge in [-0.25, -0.2) is 4.79 Å². The predicted molar refractivity (Wildman–Crippen MR) is 64.0 cm³/mol. The van der Waals surface area contributed by atoms with E-state index in [9.17, 15) is 9.59 Å². The van der Waals surface area contributed by atoms with Crippen molar-refractivity contribution >= 4 is 12.0 Å². The zero-order chi connectivity index (χ0) is 12.7. The van der Waals surface area contributed by atoms with Crippen molar-refractivity contribution in [1.82, 2.24) is 15.1 Å². The number of carbonyl (C=O) groups excluding carboxylic acids is 1. The second kappa shape index (κ2) is 7.11. The lowest BCUT2D eigenvalue weighted by atomic mass is 10.3. The molecule has 0 bridgehead atoms. The van der Waals surface area contributed by atoms with Gasteiger partial charge in [0.25, 0.3) is 0 Å². The maximum Gasteiger partial charge on any atom is 0.317 e. The molecule has 0 aliphatic carbocycles. The lowest BCUT2D eigenvalue weighted by Crippen LogP contribution is -2.52. The second-order valence-corrected chi connectivity index (χ2v) is 4.20. The molecule has 98 valence electrons. The van der Waals surface area contributed by atoms with Crippen LogP contribution in [0, 0.1) is 0 Å². The molecule has 0 spiro atoms.